The summed E-state index contributed by atoms with van der Waals surface area (Å²) in [5.74, 6) is -0.203. The first kappa shape index (κ1) is 25.0. The predicted molar refractivity (Wildman–Crippen MR) is 127 cm³/mol. The number of benzene rings is 2. The van der Waals surface area contributed by atoms with Crippen LogP contribution in [0.25, 0.3) is 0 Å². The van der Waals surface area contributed by atoms with Gasteiger partial charge in [0.1, 0.15) is 5.75 Å². The van der Waals surface area contributed by atoms with Gasteiger partial charge in [-0.15, -0.1) is 0 Å². The fourth-order valence-electron chi connectivity index (χ4n) is 3.61. The number of ether oxygens (including phenoxy) is 1. The number of nitrogens with zero attached hydrogens (tertiary/aromatic N) is 2. The number of piperidine rings is 1. The number of carbonyl (C=O) groups excluding carboxylic acids is 2. The van der Waals surface area contributed by atoms with E-state index in [1.165, 1.54) is 35.5 Å². The number of amides is 2. The molecule has 10 heteroatoms. The molecule has 0 aliphatic carbocycles. The third-order valence-electron chi connectivity index (χ3n) is 5.47. The Hall–Kier alpha value is -2.62. The number of nitrogens with one attached hydrogen (secondary N) is 1. The second-order valence-corrected chi connectivity index (χ2v) is 10.3. The third kappa shape index (κ3) is 6.46. The molecule has 2 aromatic carbocycles. The summed E-state index contributed by atoms with van der Waals surface area (Å²) in [5.41, 5.74) is 1.09. The van der Waals surface area contributed by atoms with Crippen LogP contribution in [-0.2, 0) is 26.0 Å². The van der Waals surface area contributed by atoms with Gasteiger partial charge < -0.3 is 15.0 Å². The first-order chi connectivity index (χ1) is 15.7. The van der Waals surface area contributed by atoms with Crippen molar-refractivity contribution >= 4 is 39.1 Å². The minimum Gasteiger partial charge on any atom is -0.495 e. The molecule has 0 spiro atoms. The Kier molecular flexibility index (Phi) is 8.34. The summed E-state index contributed by atoms with van der Waals surface area (Å²) in [7, 11) is -0.495. The van der Waals surface area contributed by atoms with Crippen LogP contribution in [0, 0.1) is 0 Å². The van der Waals surface area contributed by atoms with Gasteiger partial charge in [0, 0.05) is 25.2 Å². The summed E-state index contributed by atoms with van der Waals surface area (Å²) < 4.78 is 32.2. The number of rotatable bonds is 8. The molecule has 0 aromatic heterocycles. The second-order valence-electron chi connectivity index (χ2n) is 7.93. The maximum absolute atomic E-state index is 12.8. The summed E-state index contributed by atoms with van der Waals surface area (Å²) in [4.78, 5) is 26.5. The lowest BCUT2D eigenvalue weighted by atomic mass is 10.1. The molecule has 0 radical (unpaired) electrons. The van der Waals surface area contributed by atoms with Gasteiger partial charge in [-0.2, -0.15) is 4.31 Å². The van der Waals surface area contributed by atoms with Crippen molar-refractivity contribution in [3.05, 3.63) is 53.1 Å². The van der Waals surface area contributed by atoms with E-state index in [2.05, 4.69) is 5.32 Å². The molecule has 0 unspecified atom stereocenters. The third-order valence-corrected chi connectivity index (χ3v) is 7.62. The van der Waals surface area contributed by atoms with Crippen LogP contribution >= 0.6 is 11.6 Å². The van der Waals surface area contributed by atoms with Crippen molar-refractivity contribution in [1.82, 2.24) is 9.21 Å². The van der Waals surface area contributed by atoms with E-state index in [-0.39, 0.29) is 23.8 Å². The molecule has 1 fully saturated rings. The van der Waals surface area contributed by atoms with E-state index in [1.807, 2.05) is 0 Å². The summed E-state index contributed by atoms with van der Waals surface area (Å²) in [6.45, 7) is 0.920. The highest BCUT2D eigenvalue weighted by molar-refractivity contribution is 7.89. The second kappa shape index (κ2) is 11.0. The van der Waals surface area contributed by atoms with Gasteiger partial charge >= 0.3 is 0 Å². The fourth-order valence-corrected chi connectivity index (χ4v) is 5.30. The van der Waals surface area contributed by atoms with E-state index in [0.717, 1.165) is 19.3 Å². The van der Waals surface area contributed by atoms with Crippen molar-refractivity contribution in [3.8, 4) is 5.75 Å². The van der Waals surface area contributed by atoms with E-state index < -0.39 is 15.9 Å². The van der Waals surface area contributed by atoms with Crippen molar-refractivity contribution in [2.75, 3.05) is 39.1 Å². The number of sulfonamides is 1. The number of likely N-dealkylation sites (N-methyl/N-ethyl adjacent to an activating group) is 1. The zero-order valence-corrected chi connectivity index (χ0v) is 20.3. The molecule has 178 valence electrons. The molecule has 8 nitrogen and oxygen atoms in total. The molecule has 33 heavy (non-hydrogen) atoms. The van der Waals surface area contributed by atoms with E-state index in [1.54, 1.807) is 30.3 Å². The number of methoxy groups -OCH3 is 1. The molecule has 1 saturated heterocycles. The van der Waals surface area contributed by atoms with Gasteiger partial charge in [-0.25, -0.2) is 8.42 Å². The van der Waals surface area contributed by atoms with Crippen LogP contribution in [0.5, 0.6) is 5.75 Å². The molecular formula is C23H28ClN3O5S. The van der Waals surface area contributed by atoms with E-state index in [0.29, 0.717) is 35.1 Å². The number of anilines is 1. The maximum atomic E-state index is 12.8. The molecular weight excluding hydrogens is 466 g/mol. The Morgan fingerprint density at radius 2 is 1.76 bits per heavy atom. The zero-order chi connectivity index (χ0) is 24.0. The molecule has 2 amide bonds. The molecule has 1 heterocycles. The Morgan fingerprint density at radius 1 is 1.09 bits per heavy atom. The van der Waals surface area contributed by atoms with Crippen molar-refractivity contribution in [2.45, 2.75) is 30.6 Å². The molecule has 0 saturated carbocycles. The molecule has 3 rings (SSSR count). The van der Waals surface area contributed by atoms with Gasteiger partial charge in [0.2, 0.25) is 21.8 Å². The van der Waals surface area contributed by atoms with E-state index in [9.17, 15) is 18.0 Å². The number of carbonyl (C=O) groups is 2. The quantitative estimate of drug-likeness (QED) is 0.609. The van der Waals surface area contributed by atoms with Gasteiger partial charge in [-0.3, -0.25) is 9.59 Å². The van der Waals surface area contributed by atoms with Crippen LogP contribution in [0.2, 0.25) is 5.02 Å². The highest BCUT2D eigenvalue weighted by Gasteiger charge is 2.25. The van der Waals surface area contributed by atoms with Crippen LogP contribution in [-0.4, -0.2) is 63.2 Å². The molecule has 2 aromatic rings. The van der Waals surface area contributed by atoms with Gasteiger partial charge in [0.25, 0.3) is 0 Å². The summed E-state index contributed by atoms with van der Waals surface area (Å²) >= 11 is 5.98. The highest BCUT2D eigenvalue weighted by atomic mass is 35.5. The maximum Gasteiger partial charge on any atom is 0.244 e. The predicted octanol–water partition coefficient (Wildman–Crippen LogP) is 3.16. The summed E-state index contributed by atoms with van der Waals surface area (Å²) in [6.07, 6.45) is 2.84. The lowest BCUT2D eigenvalue weighted by Crippen LogP contribution is -2.36. The average Bonchev–Trinajstić information content (AvgIpc) is 2.80. The fraction of sp³-hybridized carbons (Fsp3) is 0.391. The monoisotopic (exact) mass is 493 g/mol. The Balaban J connectivity index is 1.57. The van der Waals surface area contributed by atoms with Gasteiger partial charge in [0.05, 0.1) is 30.7 Å². The molecule has 1 N–H and O–H groups in total. The topological polar surface area (TPSA) is 96.0 Å². The zero-order valence-electron chi connectivity index (χ0n) is 18.7. The lowest BCUT2D eigenvalue weighted by molar-refractivity contribution is -0.132. The SMILES string of the molecule is COc1ccc(Cl)cc1NC(=O)CN(C)C(=O)Cc1ccc(S(=O)(=O)N2CCCCC2)cc1. The van der Waals surface area contributed by atoms with Crippen molar-refractivity contribution in [2.24, 2.45) is 0 Å². The van der Waals surface area contributed by atoms with Crippen LogP contribution in [0.15, 0.2) is 47.4 Å². The van der Waals surface area contributed by atoms with Crippen molar-refractivity contribution in [1.29, 1.82) is 0 Å². The van der Waals surface area contributed by atoms with Gasteiger partial charge in [0.15, 0.2) is 0 Å². The van der Waals surface area contributed by atoms with Crippen LogP contribution in [0.3, 0.4) is 0 Å². The molecule has 1 aliphatic heterocycles. The van der Waals surface area contributed by atoms with Crippen LogP contribution in [0.4, 0.5) is 5.69 Å². The molecule has 0 bridgehead atoms. The smallest absolute Gasteiger partial charge is 0.244 e. The molecule has 1 aliphatic rings. The van der Waals surface area contributed by atoms with E-state index in [4.69, 9.17) is 16.3 Å². The minimum atomic E-state index is -3.51. The van der Waals surface area contributed by atoms with Gasteiger partial charge in [-0.05, 0) is 48.7 Å². The summed E-state index contributed by atoms with van der Waals surface area (Å²) in [6, 6.07) is 11.2. The van der Waals surface area contributed by atoms with Crippen molar-refractivity contribution in [3.63, 3.8) is 0 Å². The Labute approximate surface area is 199 Å². The Bertz CT molecular complexity index is 1100. The number of hydrogen-bond acceptors (Lipinski definition) is 5. The summed E-state index contributed by atoms with van der Waals surface area (Å²) in [5, 5.41) is 3.14. The van der Waals surface area contributed by atoms with Crippen molar-refractivity contribution < 1.29 is 22.7 Å². The largest absolute Gasteiger partial charge is 0.495 e. The highest BCUT2D eigenvalue weighted by Crippen LogP contribution is 2.27. The van der Waals surface area contributed by atoms with E-state index >= 15 is 0 Å². The first-order valence-electron chi connectivity index (χ1n) is 10.7. The Morgan fingerprint density at radius 3 is 2.39 bits per heavy atom. The minimum absolute atomic E-state index is 0.0499. The molecule has 0 atom stereocenters. The van der Waals surface area contributed by atoms with Crippen LogP contribution in [0.1, 0.15) is 24.8 Å². The number of hydrogen-bond donors (Lipinski definition) is 1. The standard InChI is InChI=1S/C23H28ClN3O5S/c1-26(16-22(28)25-20-15-18(24)8-11-21(20)32-2)23(29)14-17-6-9-19(10-7-17)33(30,31)27-12-4-3-5-13-27/h6-11,15H,3-5,12-14,16H2,1-2H3,(H,25,28). The average molecular weight is 494 g/mol. The number of halogens is 1. The van der Waals surface area contributed by atoms with Crippen LogP contribution < -0.4 is 10.1 Å². The lowest BCUT2D eigenvalue weighted by Gasteiger charge is -2.25. The first-order valence-corrected chi connectivity index (χ1v) is 12.5. The van der Waals surface area contributed by atoms with Gasteiger partial charge in [-0.1, -0.05) is 30.2 Å². The normalized spacial score (nSPS) is 14.5.